The minimum atomic E-state index is 0.272. The normalized spacial score (nSPS) is 50.3. The van der Waals surface area contributed by atoms with Crippen LogP contribution in [0.1, 0.15) is 65.2 Å². The maximum Gasteiger partial charge on any atom is 0.220 e. The van der Waals surface area contributed by atoms with Gasteiger partial charge in [-0.05, 0) is 73.5 Å². The molecule has 24 heavy (non-hydrogen) atoms. The SMILES string of the molecule is C=C(OC)C1CCC2C3CCC4NC(=O)CCC4(C)C3CCC12C. The highest BCUT2D eigenvalue weighted by molar-refractivity contribution is 5.77. The van der Waals surface area contributed by atoms with Gasteiger partial charge in [-0.1, -0.05) is 20.4 Å². The number of hydrogen-bond donors (Lipinski definition) is 1. The Balaban J connectivity index is 1.61. The van der Waals surface area contributed by atoms with E-state index in [4.69, 9.17) is 4.74 Å². The average molecular weight is 332 g/mol. The number of carbonyl (C=O) groups excluding carboxylic acids is 1. The first-order valence-electron chi connectivity index (χ1n) is 9.92. The second-order valence-electron chi connectivity index (χ2n) is 9.42. The van der Waals surface area contributed by atoms with Gasteiger partial charge in [0.25, 0.3) is 0 Å². The molecule has 3 nitrogen and oxygen atoms in total. The van der Waals surface area contributed by atoms with E-state index in [1.807, 2.05) is 0 Å². The Morgan fingerprint density at radius 1 is 1.08 bits per heavy atom. The molecule has 0 aromatic heterocycles. The number of allylic oxidation sites excluding steroid dienone is 1. The van der Waals surface area contributed by atoms with Crippen molar-refractivity contribution in [1.82, 2.24) is 5.32 Å². The Labute approximate surface area is 146 Å². The maximum atomic E-state index is 11.9. The van der Waals surface area contributed by atoms with Gasteiger partial charge >= 0.3 is 0 Å². The molecule has 1 aliphatic heterocycles. The Morgan fingerprint density at radius 3 is 2.58 bits per heavy atom. The van der Waals surface area contributed by atoms with Crippen molar-refractivity contribution in [2.45, 2.75) is 71.3 Å². The number of hydrogen-bond acceptors (Lipinski definition) is 2. The standard InChI is InChI=1S/C21H33NO2/c1-13(24-4)15-6-7-16-14-5-8-18-21(3,12-10-19(23)22-18)17(14)9-11-20(15,16)2/h14-18H,1,5-12H2,2-4H3,(H,22,23). The quantitative estimate of drug-likeness (QED) is 0.767. The molecule has 1 N–H and O–H groups in total. The van der Waals surface area contributed by atoms with Crippen molar-refractivity contribution in [2.75, 3.05) is 7.11 Å². The summed E-state index contributed by atoms with van der Waals surface area (Å²) in [5.41, 5.74) is 0.684. The third-order valence-electron chi connectivity index (χ3n) is 8.75. The molecule has 4 rings (SSSR count). The summed E-state index contributed by atoms with van der Waals surface area (Å²) in [5, 5.41) is 3.32. The van der Waals surface area contributed by atoms with E-state index >= 15 is 0 Å². The molecule has 0 spiro atoms. The van der Waals surface area contributed by atoms with Crippen LogP contribution >= 0.6 is 0 Å². The second-order valence-corrected chi connectivity index (χ2v) is 9.42. The second kappa shape index (κ2) is 5.51. The van der Waals surface area contributed by atoms with Crippen LogP contribution in [-0.2, 0) is 9.53 Å². The highest BCUT2D eigenvalue weighted by atomic mass is 16.5. The van der Waals surface area contributed by atoms with Gasteiger partial charge in [-0.2, -0.15) is 0 Å². The molecule has 4 aliphatic rings. The number of fused-ring (bicyclic) bond motifs is 5. The van der Waals surface area contributed by atoms with E-state index in [0.717, 1.165) is 36.4 Å². The summed E-state index contributed by atoms with van der Waals surface area (Å²) in [6.45, 7) is 9.19. The number of rotatable bonds is 2. The molecule has 3 aliphatic carbocycles. The predicted molar refractivity (Wildman–Crippen MR) is 95.2 cm³/mol. The van der Waals surface area contributed by atoms with Crippen LogP contribution in [-0.4, -0.2) is 19.1 Å². The molecular formula is C21H33NO2. The van der Waals surface area contributed by atoms with Crippen LogP contribution in [0.15, 0.2) is 12.3 Å². The van der Waals surface area contributed by atoms with Crippen molar-refractivity contribution in [3.8, 4) is 0 Å². The van der Waals surface area contributed by atoms with Crippen molar-refractivity contribution in [3.63, 3.8) is 0 Å². The molecule has 0 aromatic rings. The molecule has 1 heterocycles. The summed E-state index contributed by atoms with van der Waals surface area (Å²) in [5.74, 6) is 4.23. The van der Waals surface area contributed by atoms with Gasteiger partial charge in [0, 0.05) is 18.4 Å². The summed E-state index contributed by atoms with van der Waals surface area (Å²) in [6, 6.07) is 0.412. The molecule has 0 bridgehead atoms. The van der Waals surface area contributed by atoms with Gasteiger partial charge < -0.3 is 10.1 Å². The molecule has 3 heteroatoms. The number of amides is 1. The summed E-state index contributed by atoms with van der Waals surface area (Å²) in [4.78, 5) is 11.9. The van der Waals surface area contributed by atoms with E-state index in [1.54, 1.807) is 7.11 Å². The smallest absolute Gasteiger partial charge is 0.220 e. The first-order chi connectivity index (χ1) is 11.4. The lowest BCUT2D eigenvalue weighted by molar-refractivity contribution is -0.136. The van der Waals surface area contributed by atoms with E-state index in [1.165, 1.54) is 38.5 Å². The summed E-state index contributed by atoms with van der Waals surface area (Å²) in [6.07, 6.45) is 9.45. The maximum absolute atomic E-state index is 11.9. The molecule has 3 saturated carbocycles. The van der Waals surface area contributed by atoms with E-state index < -0.39 is 0 Å². The van der Waals surface area contributed by atoms with E-state index in [0.29, 0.717) is 22.8 Å². The number of methoxy groups -OCH3 is 1. The molecule has 1 amide bonds. The molecule has 134 valence electrons. The molecule has 7 atom stereocenters. The number of nitrogens with one attached hydrogen (secondary N) is 1. The summed E-state index contributed by atoms with van der Waals surface area (Å²) < 4.78 is 5.56. The van der Waals surface area contributed by atoms with Crippen molar-refractivity contribution in [1.29, 1.82) is 0 Å². The van der Waals surface area contributed by atoms with Crippen molar-refractivity contribution in [2.24, 2.45) is 34.5 Å². The highest BCUT2D eigenvalue weighted by Crippen LogP contribution is 2.66. The molecule has 4 fully saturated rings. The van der Waals surface area contributed by atoms with Crippen LogP contribution in [0.4, 0.5) is 0 Å². The van der Waals surface area contributed by atoms with Crippen molar-refractivity contribution < 1.29 is 9.53 Å². The van der Waals surface area contributed by atoms with Gasteiger partial charge in [-0.25, -0.2) is 0 Å². The van der Waals surface area contributed by atoms with E-state index in [2.05, 4.69) is 25.7 Å². The first kappa shape index (κ1) is 16.5. The molecule has 7 unspecified atom stereocenters. The molecule has 0 aromatic carbocycles. The van der Waals surface area contributed by atoms with Crippen LogP contribution in [0.2, 0.25) is 0 Å². The number of ether oxygens (including phenoxy) is 1. The Morgan fingerprint density at radius 2 is 1.83 bits per heavy atom. The third kappa shape index (κ3) is 2.12. The summed E-state index contributed by atoms with van der Waals surface area (Å²) >= 11 is 0. The molecule has 1 saturated heterocycles. The van der Waals surface area contributed by atoms with Gasteiger partial charge in [0.15, 0.2) is 0 Å². The predicted octanol–water partition coefficient (Wildman–Crippen LogP) is 4.28. The zero-order valence-corrected chi connectivity index (χ0v) is 15.6. The van der Waals surface area contributed by atoms with Crippen molar-refractivity contribution in [3.05, 3.63) is 12.3 Å². The fourth-order valence-corrected chi connectivity index (χ4v) is 7.37. The lowest BCUT2D eigenvalue weighted by Gasteiger charge is -2.60. The Hall–Kier alpha value is -0.990. The van der Waals surface area contributed by atoms with Gasteiger partial charge in [-0.15, -0.1) is 0 Å². The van der Waals surface area contributed by atoms with Crippen molar-refractivity contribution >= 4 is 5.91 Å². The summed E-state index contributed by atoms with van der Waals surface area (Å²) in [7, 11) is 1.78. The van der Waals surface area contributed by atoms with Gasteiger partial charge in [0.05, 0.1) is 12.9 Å². The minimum Gasteiger partial charge on any atom is -0.501 e. The molecular weight excluding hydrogens is 298 g/mol. The monoisotopic (exact) mass is 331 g/mol. The van der Waals surface area contributed by atoms with Gasteiger partial charge in [0.1, 0.15) is 0 Å². The number of piperidine rings is 1. The first-order valence-corrected chi connectivity index (χ1v) is 9.92. The van der Waals surface area contributed by atoms with Gasteiger partial charge in [-0.3, -0.25) is 4.79 Å². The van der Waals surface area contributed by atoms with Crippen LogP contribution in [0, 0.1) is 34.5 Å². The molecule has 0 radical (unpaired) electrons. The van der Waals surface area contributed by atoms with Crippen LogP contribution in [0.3, 0.4) is 0 Å². The number of carbonyl (C=O) groups is 1. The fraction of sp³-hybridized carbons (Fsp3) is 0.857. The Bertz CT molecular complexity index is 558. The van der Waals surface area contributed by atoms with Crippen LogP contribution < -0.4 is 5.32 Å². The van der Waals surface area contributed by atoms with Gasteiger partial charge in [0.2, 0.25) is 5.91 Å². The highest BCUT2D eigenvalue weighted by Gasteiger charge is 2.60. The van der Waals surface area contributed by atoms with Crippen LogP contribution in [0.5, 0.6) is 0 Å². The van der Waals surface area contributed by atoms with E-state index in [9.17, 15) is 4.79 Å². The van der Waals surface area contributed by atoms with Crippen LogP contribution in [0.25, 0.3) is 0 Å². The largest absolute Gasteiger partial charge is 0.501 e. The fourth-order valence-electron chi connectivity index (χ4n) is 7.37. The zero-order valence-electron chi connectivity index (χ0n) is 15.6. The topological polar surface area (TPSA) is 38.3 Å². The van der Waals surface area contributed by atoms with E-state index in [-0.39, 0.29) is 5.91 Å². The minimum absolute atomic E-state index is 0.272. The zero-order chi connectivity index (χ0) is 17.1. The lowest BCUT2D eigenvalue weighted by Crippen LogP contribution is -2.61. The lowest BCUT2D eigenvalue weighted by atomic mass is 9.47. The Kier molecular flexibility index (Phi) is 3.78. The average Bonchev–Trinajstić information content (AvgIpc) is 2.92. The third-order valence-corrected chi connectivity index (χ3v) is 8.75.